The molecule has 4 aromatic carbocycles. The van der Waals surface area contributed by atoms with Crippen LogP contribution in [-0.4, -0.2) is 21.9 Å². The Morgan fingerprint density at radius 2 is 1.54 bits per heavy atom. The summed E-state index contributed by atoms with van der Waals surface area (Å²) in [5.74, 6) is -0.765. The maximum absolute atomic E-state index is 13.8. The molecular formula is C31H20BrNO6. The molecule has 1 aromatic heterocycles. The monoisotopic (exact) mass is 581 g/mol. The van der Waals surface area contributed by atoms with Gasteiger partial charge in [0.05, 0.1) is 11.6 Å². The number of anilines is 1. The van der Waals surface area contributed by atoms with Gasteiger partial charge in [-0.3, -0.25) is 14.5 Å². The number of hydrogen-bond donors (Lipinski definition) is 2. The summed E-state index contributed by atoms with van der Waals surface area (Å²) in [5.41, 5.74) is 1.35. The number of rotatable bonds is 6. The highest BCUT2D eigenvalue weighted by Crippen LogP contribution is 2.43. The van der Waals surface area contributed by atoms with E-state index in [1.54, 1.807) is 54.6 Å². The third-order valence-electron chi connectivity index (χ3n) is 6.46. The van der Waals surface area contributed by atoms with Gasteiger partial charge in [0.1, 0.15) is 22.8 Å². The van der Waals surface area contributed by atoms with Crippen molar-refractivity contribution in [1.29, 1.82) is 0 Å². The van der Waals surface area contributed by atoms with Crippen molar-refractivity contribution in [3.8, 4) is 17.2 Å². The van der Waals surface area contributed by atoms with E-state index < -0.39 is 23.5 Å². The van der Waals surface area contributed by atoms with E-state index in [1.165, 1.54) is 17.0 Å². The molecule has 1 amide bonds. The highest BCUT2D eigenvalue weighted by atomic mass is 79.9. The normalized spacial score (nSPS) is 15.3. The highest BCUT2D eigenvalue weighted by molar-refractivity contribution is 9.10. The van der Waals surface area contributed by atoms with Gasteiger partial charge in [-0.15, -0.1) is 0 Å². The molecule has 7 nitrogen and oxygen atoms in total. The Morgan fingerprint density at radius 1 is 0.846 bits per heavy atom. The van der Waals surface area contributed by atoms with Crippen molar-refractivity contribution in [3.05, 3.63) is 130 Å². The summed E-state index contributed by atoms with van der Waals surface area (Å²) < 4.78 is 12.5. The first kappa shape index (κ1) is 24.5. The summed E-state index contributed by atoms with van der Waals surface area (Å²) in [5, 5.41) is 21.6. The van der Waals surface area contributed by atoms with E-state index in [0.29, 0.717) is 33.7 Å². The highest BCUT2D eigenvalue weighted by Gasteiger charge is 2.45. The number of para-hydroxylation sites is 1. The molecule has 192 valence electrons. The molecule has 2 heterocycles. The topological polar surface area (TPSA) is 100 Å². The standard InChI is InChI=1S/C31H20BrNO6/c32-20-8-15-25-19(16-20)17-26(39-25)29(35)27-28(18-6-11-22(34)12-7-18)33(31(37)30(27)36)21-9-13-24(14-10-21)38-23-4-2-1-3-5-23/h1-17,28,34,36H. The minimum absolute atomic E-state index is 0.00492. The predicted molar refractivity (Wildman–Crippen MR) is 149 cm³/mol. The van der Waals surface area contributed by atoms with Crippen LogP contribution in [-0.2, 0) is 4.79 Å². The minimum atomic E-state index is -0.966. The Hall–Kier alpha value is -4.82. The summed E-state index contributed by atoms with van der Waals surface area (Å²) >= 11 is 3.41. The quantitative estimate of drug-likeness (QED) is 0.202. The number of amides is 1. The summed E-state index contributed by atoms with van der Waals surface area (Å²) in [4.78, 5) is 28.6. The molecule has 1 aliphatic rings. The lowest BCUT2D eigenvalue weighted by atomic mass is 9.94. The average molecular weight is 582 g/mol. The van der Waals surface area contributed by atoms with Crippen molar-refractivity contribution >= 4 is 44.3 Å². The molecule has 0 aliphatic carbocycles. The Labute approximate surface area is 231 Å². The zero-order valence-corrected chi connectivity index (χ0v) is 21.8. The number of ketones is 1. The van der Waals surface area contributed by atoms with Gasteiger partial charge in [0.25, 0.3) is 5.91 Å². The first-order valence-corrected chi connectivity index (χ1v) is 12.8. The van der Waals surface area contributed by atoms with Gasteiger partial charge in [0.15, 0.2) is 11.5 Å². The van der Waals surface area contributed by atoms with Crippen LogP contribution in [0.5, 0.6) is 17.2 Å². The van der Waals surface area contributed by atoms with Crippen LogP contribution in [0.25, 0.3) is 11.0 Å². The molecular weight excluding hydrogens is 562 g/mol. The molecule has 5 aromatic rings. The predicted octanol–water partition coefficient (Wildman–Crippen LogP) is 7.48. The van der Waals surface area contributed by atoms with Crippen molar-refractivity contribution < 1.29 is 29.0 Å². The minimum Gasteiger partial charge on any atom is -0.508 e. The summed E-state index contributed by atoms with van der Waals surface area (Å²) in [6, 6.07) is 28.1. The average Bonchev–Trinajstić information content (AvgIpc) is 3.48. The van der Waals surface area contributed by atoms with Crippen LogP contribution in [0.15, 0.2) is 123 Å². The molecule has 39 heavy (non-hydrogen) atoms. The van der Waals surface area contributed by atoms with E-state index >= 15 is 0 Å². The Balaban J connectivity index is 1.40. The van der Waals surface area contributed by atoms with Crippen LogP contribution >= 0.6 is 15.9 Å². The molecule has 8 heteroatoms. The summed E-state index contributed by atoms with van der Waals surface area (Å²) in [7, 11) is 0. The number of aliphatic hydroxyl groups excluding tert-OH is 1. The molecule has 0 saturated carbocycles. The van der Waals surface area contributed by atoms with E-state index in [2.05, 4.69) is 15.9 Å². The van der Waals surface area contributed by atoms with E-state index in [4.69, 9.17) is 9.15 Å². The maximum Gasteiger partial charge on any atom is 0.294 e. The van der Waals surface area contributed by atoms with Gasteiger partial charge in [0, 0.05) is 15.5 Å². The zero-order chi connectivity index (χ0) is 27.1. The first-order chi connectivity index (χ1) is 18.9. The first-order valence-electron chi connectivity index (χ1n) is 12.0. The summed E-state index contributed by atoms with van der Waals surface area (Å²) in [6.45, 7) is 0. The van der Waals surface area contributed by atoms with E-state index in [1.807, 2.05) is 36.4 Å². The van der Waals surface area contributed by atoms with E-state index in [-0.39, 0.29) is 17.1 Å². The van der Waals surface area contributed by atoms with Gasteiger partial charge in [-0.05, 0) is 78.4 Å². The fourth-order valence-electron chi connectivity index (χ4n) is 4.63. The number of fused-ring (bicyclic) bond motifs is 1. The van der Waals surface area contributed by atoms with Crippen LogP contribution in [0, 0.1) is 0 Å². The number of benzene rings is 4. The van der Waals surface area contributed by atoms with Crippen LogP contribution in [0.2, 0.25) is 0 Å². The number of carbonyl (C=O) groups excluding carboxylic acids is 2. The molecule has 0 radical (unpaired) electrons. The van der Waals surface area contributed by atoms with Crippen molar-refractivity contribution in [2.24, 2.45) is 0 Å². The van der Waals surface area contributed by atoms with Gasteiger partial charge in [-0.1, -0.05) is 46.3 Å². The molecule has 1 aliphatic heterocycles. The second-order valence-corrected chi connectivity index (χ2v) is 9.88. The van der Waals surface area contributed by atoms with Gasteiger partial charge < -0.3 is 19.4 Å². The van der Waals surface area contributed by atoms with Gasteiger partial charge in [-0.25, -0.2) is 0 Å². The number of Topliss-reactive ketones (excluding diaryl/α,β-unsaturated/α-hetero) is 1. The SMILES string of the molecule is O=C(C1=C(O)C(=O)N(c2ccc(Oc3ccccc3)cc2)C1c1ccc(O)cc1)c1cc2cc(Br)ccc2o1. The van der Waals surface area contributed by atoms with E-state index in [0.717, 1.165) is 4.47 Å². The van der Waals surface area contributed by atoms with Gasteiger partial charge in [-0.2, -0.15) is 0 Å². The van der Waals surface area contributed by atoms with Crippen molar-refractivity contribution in [2.45, 2.75) is 6.04 Å². The zero-order valence-electron chi connectivity index (χ0n) is 20.2. The molecule has 6 rings (SSSR count). The lowest BCUT2D eigenvalue weighted by Gasteiger charge is -2.27. The Morgan fingerprint density at radius 3 is 2.26 bits per heavy atom. The van der Waals surface area contributed by atoms with Crippen LogP contribution in [0.3, 0.4) is 0 Å². The van der Waals surface area contributed by atoms with Crippen LogP contribution < -0.4 is 9.64 Å². The van der Waals surface area contributed by atoms with Crippen molar-refractivity contribution in [2.75, 3.05) is 4.90 Å². The third-order valence-corrected chi connectivity index (χ3v) is 6.95. The number of aromatic hydroxyl groups is 1. The number of halogens is 1. The van der Waals surface area contributed by atoms with Gasteiger partial charge in [0.2, 0.25) is 5.78 Å². The number of hydrogen-bond acceptors (Lipinski definition) is 6. The third kappa shape index (κ3) is 4.55. The number of nitrogens with zero attached hydrogens (tertiary/aromatic N) is 1. The maximum atomic E-state index is 13.8. The smallest absolute Gasteiger partial charge is 0.294 e. The number of furan rings is 1. The number of aliphatic hydroxyl groups is 1. The Bertz CT molecular complexity index is 1740. The molecule has 1 unspecified atom stereocenters. The van der Waals surface area contributed by atoms with Crippen molar-refractivity contribution in [1.82, 2.24) is 0 Å². The largest absolute Gasteiger partial charge is 0.508 e. The van der Waals surface area contributed by atoms with Crippen LogP contribution in [0.4, 0.5) is 5.69 Å². The van der Waals surface area contributed by atoms with Crippen LogP contribution in [0.1, 0.15) is 22.2 Å². The lowest BCUT2D eigenvalue weighted by Crippen LogP contribution is -2.31. The number of carbonyl (C=O) groups is 2. The van der Waals surface area contributed by atoms with Crippen molar-refractivity contribution in [3.63, 3.8) is 0 Å². The van der Waals surface area contributed by atoms with Gasteiger partial charge >= 0.3 is 0 Å². The lowest BCUT2D eigenvalue weighted by molar-refractivity contribution is -0.117. The molecule has 0 bridgehead atoms. The molecule has 2 N–H and O–H groups in total. The fourth-order valence-corrected chi connectivity index (χ4v) is 5.01. The number of phenolic OH excluding ortho intramolecular Hbond substituents is 1. The second-order valence-electron chi connectivity index (χ2n) is 8.96. The molecule has 0 saturated heterocycles. The second kappa shape index (κ2) is 9.81. The van der Waals surface area contributed by atoms with E-state index in [9.17, 15) is 19.8 Å². The Kier molecular flexibility index (Phi) is 6.17. The summed E-state index contributed by atoms with van der Waals surface area (Å²) in [6.07, 6.45) is 0. The molecule has 1 atom stereocenters. The fraction of sp³-hybridized carbons (Fsp3) is 0.0323. The molecule has 0 spiro atoms. The number of phenols is 1. The molecule has 0 fully saturated rings. The number of ether oxygens (including phenoxy) is 1.